The smallest absolute Gasteiger partial charge is 0.225 e. The molecular formula is C20H29N3O3. The SMILES string of the molecule is COc1ccccc1NC(=O)CCN1CCC[C@H](CN2CCCC2=O)C1. The molecule has 0 aromatic heterocycles. The Kier molecular flexibility index (Phi) is 6.50. The highest BCUT2D eigenvalue weighted by atomic mass is 16.5. The largest absolute Gasteiger partial charge is 0.495 e. The molecular weight excluding hydrogens is 330 g/mol. The fraction of sp³-hybridized carbons (Fsp3) is 0.600. The van der Waals surface area contributed by atoms with Gasteiger partial charge in [0.25, 0.3) is 0 Å². The summed E-state index contributed by atoms with van der Waals surface area (Å²) >= 11 is 0. The summed E-state index contributed by atoms with van der Waals surface area (Å²) in [7, 11) is 1.60. The number of nitrogens with zero attached hydrogens (tertiary/aromatic N) is 2. The van der Waals surface area contributed by atoms with Crippen molar-refractivity contribution in [1.29, 1.82) is 0 Å². The maximum absolute atomic E-state index is 12.3. The number of ether oxygens (including phenoxy) is 1. The van der Waals surface area contributed by atoms with Gasteiger partial charge in [-0.2, -0.15) is 0 Å². The van der Waals surface area contributed by atoms with Gasteiger partial charge in [-0.1, -0.05) is 12.1 Å². The first-order valence-electron chi connectivity index (χ1n) is 9.58. The molecule has 0 radical (unpaired) electrons. The number of anilines is 1. The third-order valence-corrected chi connectivity index (χ3v) is 5.29. The topological polar surface area (TPSA) is 61.9 Å². The van der Waals surface area contributed by atoms with Crippen LogP contribution in [0.1, 0.15) is 32.1 Å². The first-order chi connectivity index (χ1) is 12.7. The Morgan fingerprint density at radius 3 is 2.88 bits per heavy atom. The fourth-order valence-electron chi connectivity index (χ4n) is 3.93. The van der Waals surface area contributed by atoms with Crippen LogP contribution in [0.2, 0.25) is 0 Å². The lowest BCUT2D eigenvalue weighted by molar-refractivity contribution is -0.128. The van der Waals surface area contributed by atoms with Crippen LogP contribution in [0.5, 0.6) is 5.75 Å². The number of carbonyl (C=O) groups is 2. The number of likely N-dealkylation sites (tertiary alicyclic amines) is 2. The summed E-state index contributed by atoms with van der Waals surface area (Å²) in [6, 6.07) is 7.45. The van der Waals surface area contributed by atoms with Crippen molar-refractivity contribution in [2.45, 2.75) is 32.1 Å². The van der Waals surface area contributed by atoms with Gasteiger partial charge < -0.3 is 19.9 Å². The molecule has 2 amide bonds. The zero-order valence-corrected chi connectivity index (χ0v) is 15.6. The molecule has 2 saturated heterocycles. The minimum Gasteiger partial charge on any atom is -0.495 e. The van der Waals surface area contributed by atoms with Crippen molar-refractivity contribution in [2.75, 3.05) is 45.2 Å². The summed E-state index contributed by atoms with van der Waals surface area (Å²) in [4.78, 5) is 28.5. The van der Waals surface area contributed by atoms with E-state index in [0.29, 0.717) is 36.1 Å². The van der Waals surface area contributed by atoms with E-state index >= 15 is 0 Å². The summed E-state index contributed by atoms with van der Waals surface area (Å²) in [5.74, 6) is 1.52. The average molecular weight is 359 g/mol. The molecule has 1 atom stereocenters. The van der Waals surface area contributed by atoms with Gasteiger partial charge in [-0.05, 0) is 43.9 Å². The Balaban J connectivity index is 1.43. The Bertz CT molecular complexity index is 634. The molecule has 142 valence electrons. The van der Waals surface area contributed by atoms with Crippen molar-refractivity contribution < 1.29 is 14.3 Å². The highest BCUT2D eigenvalue weighted by Gasteiger charge is 2.26. The van der Waals surface area contributed by atoms with Crippen LogP contribution >= 0.6 is 0 Å². The van der Waals surface area contributed by atoms with Crippen LogP contribution in [0.25, 0.3) is 0 Å². The number of hydrogen-bond donors (Lipinski definition) is 1. The minimum absolute atomic E-state index is 0.00587. The Labute approximate surface area is 155 Å². The Morgan fingerprint density at radius 1 is 1.27 bits per heavy atom. The molecule has 2 aliphatic heterocycles. The molecule has 1 aromatic carbocycles. The van der Waals surface area contributed by atoms with Crippen molar-refractivity contribution >= 4 is 17.5 Å². The van der Waals surface area contributed by atoms with Crippen molar-refractivity contribution in [3.63, 3.8) is 0 Å². The lowest BCUT2D eigenvalue weighted by Gasteiger charge is -2.34. The van der Waals surface area contributed by atoms with Crippen LogP contribution in [0.4, 0.5) is 5.69 Å². The van der Waals surface area contributed by atoms with Gasteiger partial charge in [0.1, 0.15) is 5.75 Å². The summed E-state index contributed by atoms with van der Waals surface area (Å²) in [6.07, 6.45) is 4.49. The van der Waals surface area contributed by atoms with Crippen molar-refractivity contribution in [2.24, 2.45) is 5.92 Å². The van der Waals surface area contributed by atoms with E-state index in [1.807, 2.05) is 29.2 Å². The molecule has 0 saturated carbocycles. The molecule has 0 spiro atoms. The van der Waals surface area contributed by atoms with Gasteiger partial charge in [0.2, 0.25) is 11.8 Å². The van der Waals surface area contributed by atoms with E-state index in [0.717, 1.165) is 45.6 Å². The second kappa shape index (κ2) is 9.03. The monoisotopic (exact) mass is 359 g/mol. The molecule has 6 heteroatoms. The van der Waals surface area contributed by atoms with Crippen molar-refractivity contribution in [3.05, 3.63) is 24.3 Å². The highest BCUT2D eigenvalue weighted by molar-refractivity contribution is 5.92. The quantitative estimate of drug-likeness (QED) is 0.812. The number of piperidine rings is 1. The molecule has 2 fully saturated rings. The van der Waals surface area contributed by atoms with Gasteiger partial charge in [0, 0.05) is 39.0 Å². The molecule has 0 aliphatic carbocycles. The van der Waals surface area contributed by atoms with Gasteiger partial charge in [-0.25, -0.2) is 0 Å². The van der Waals surface area contributed by atoms with E-state index in [9.17, 15) is 9.59 Å². The van der Waals surface area contributed by atoms with E-state index in [4.69, 9.17) is 4.74 Å². The van der Waals surface area contributed by atoms with Crippen molar-refractivity contribution in [3.8, 4) is 5.75 Å². The average Bonchev–Trinajstić information content (AvgIpc) is 3.05. The van der Waals surface area contributed by atoms with Crippen molar-refractivity contribution in [1.82, 2.24) is 9.80 Å². The van der Waals surface area contributed by atoms with Gasteiger partial charge in [-0.15, -0.1) is 0 Å². The van der Waals surface area contributed by atoms with Crippen LogP contribution in [0, 0.1) is 5.92 Å². The van der Waals surface area contributed by atoms with Gasteiger partial charge in [-0.3, -0.25) is 9.59 Å². The third-order valence-electron chi connectivity index (χ3n) is 5.29. The minimum atomic E-state index is 0.00587. The predicted molar refractivity (Wildman–Crippen MR) is 101 cm³/mol. The summed E-state index contributed by atoms with van der Waals surface area (Å²) in [5.41, 5.74) is 0.712. The number of carbonyl (C=O) groups excluding carboxylic acids is 2. The van der Waals surface area contributed by atoms with Gasteiger partial charge >= 0.3 is 0 Å². The molecule has 26 heavy (non-hydrogen) atoms. The standard InChI is InChI=1S/C20H29N3O3/c1-26-18-8-3-2-7-17(18)21-19(24)10-13-22-11-4-6-16(14-22)15-23-12-5-9-20(23)25/h2-3,7-8,16H,4-6,9-15H2,1H3,(H,21,24)/t16-/m0/s1. The highest BCUT2D eigenvalue weighted by Crippen LogP contribution is 2.24. The summed E-state index contributed by atoms with van der Waals surface area (Å²) in [6.45, 7) is 4.56. The number of para-hydroxylation sites is 2. The maximum atomic E-state index is 12.3. The number of benzene rings is 1. The second-order valence-electron chi connectivity index (χ2n) is 7.25. The summed E-state index contributed by atoms with van der Waals surface area (Å²) in [5, 5.41) is 2.93. The van der Waals surface area contributed by atoms with Crippen LogP contribution in [0.3, 0.4) is 0 Å². The molecule has 2 aliphatic rings. The molecule has 1 N–H and O–H groups in total. The lowest BCUT2D eigenvalue weighted by Crippen LogP contribution is -2.42. The van der Waals surface area contributed by atoms with E-state index in [1.165, 1.54) is 6.42 Å². The van der Waals surface area contributed by atoms with E-state index in [-0.39, 0.29) is 5.91 Å². The molecule has 3 rings (SSSR count). The fourth-order valence-corrected chi connectivity index (χ4v) is 3.93. The zero-order valence-electron chi connectivity index (χ0n) is 15.6. The predicted octanol–water partition coefficient (Wildman–Crippen LogP) is 2.36. The third kappa shape index (κ3) is 4.97. The number of nitrogens with one attached hydrogen (secondary N) is 1. The first kappa shape index (κ1) is 18.7. The normalized spacial score (nSPS) is 21.0. The number of rotatable bonds is 7. The molecule has 0 bridgehead atoms. The van der Waals surface area contributed by atoms with Crippen LogP contribution in [-0.2, 0) is 9.59 Å². The molecule has 2 heterocycles. The number of hydrogen-bond acceptors (Lipinski definition) is 4. The van der Waals surface area contributed by atoms with E-state index < -0.39 is 0 Å². The Morgan fingerprint density at radius 2 is 2.12 bits per heavy atom. The first-order valence-corrected chi connectivity index (χ1v) is 9.58. The number of methoxy groups -OCH3 is 1. The van der Waals surface area contributed by atoms with Crippen LogP contribution in [0.15, 0.2) is 24.3 Å². The lowest BCUT2D eigenvalue weighted by atomic mass is 9.97. The van der Waals surface area contributed by atoms with Crippen LogP contribution in [-0.4, -0.2) is 61.4 Å². The number of amides is 2. The van der Waals surface area contributed by atoms with Gasteiger partial charge in [0.15, 0.2) is 0 Å². The van der Waals surface area contributed by atoms with Crippen LogP contribution < -0.4 is 10.1 Å². The Hall–Kier alpha value is -2.08. The maximum Gasteiger partial charge on any atom is 0.225 e. The molecule has 1 aromatic rings. The molecule has 6 nitrogen and oxygen atoms in total. The van der Waals surface area contributed by atoms with E-state index in [2.05, 4.69) is 10.2 Å². The molecule has 0 unspecified atom stereocenters. The van der Waals surface area contributed by atoms with Gasteiger partial charge in [0.05, 0.1) is 12.8 Å². The summed E-state index contributed by atoms with van der Waals surface area (Å²) < 4.78 is 5.27. The van der Waals surface area contributed by atoms with E-state index in [1.54, 1.807) is 7.11 Å². The zero-order chi connectivity index (χ0) is 18.4. The second-order valence-corrected chi connectivity index (χ2v) is 7.25.